The zero-order valence-corrected chi connectivity index (χ0v) is 14.0. The van der Waals surface area contributed by atoms with Crippen LogP contribution in [0.5, 0.6) is 0 Å². The second-order valence-electron chi connectivity index (χ2n) is 6.37. The van der Waals surface area contributed by atoms with Crippen molar-refractivity contribution in [2.75, 3.05) is 20.6 Å². The van der Waals surface area contributed by atoms with E-state index in [1.807, 2.05) is 18.2 Å². The summed E-state index contributed by atoms with van der Waals surface area (Å²) in [5.41, 5.74) is 1.15. The predicted molar refractivity (Wildman–Crippen MR) is 91.0 cm³/mol. The van der Waals surface area contributed by atoms with Gasteiger partial charge < -0.3 is 15.5 Å². The molecule has 0 saturated heterocycles. The molecule has 2 N–H and O–H groups in total. The lowest BCUT2D eigenvalue weighted by molar-refractivity contribution is -0.128. The first-order valence-corrected chi connectivity index (χ1v) is 8.37. The Balaban J connectivity index is 1.90. The number of urea groups is 1. The van der Waals surface area contributed by atoms with Crippen molar-refractivity contribution in [2.24, 2.45) is 5.92 Å². The molecule has 126 valence electrons. The molecule has 0 heterocycles. The highest BCUT2D eigenvalue weighted by molar-refractivity contribution is 5.78. The lowest BCUT2D eigenvalue weighted by Gasteiger charge is -2.25. The molecule has 0 spiro atoms. The van der Waals surface area contributed by atoms with Crippen LogP contribution in [-0.2, 0) is 4.79 Å². The Morgan fingerprint density at radius 1 is 1.17 bits per heavy atom. The number of nitrogens with one attached hydrogen (secondary N) is 2. The molecule has 5 nitrogen and oxygen atoms in total. The fraction of sp³-hybridized carbons (Fsp3) is 0.556. The van der Waals surface area contributed by atoms with Gasteiger partial charge in [-0.05, 0) is 24.3 Å². The largest absolute Gasteiger partial charge is 0.349 e. The fourth-order valence-corrected chi connectivity index (χ4v) is 3.12. The van der Waals surface area contributed by atoms with Gasteiger partial charge in [0.25, 0.3) is 0 Å². The molecule has 23 heavy (non-hydrogen) atoms. The number of hydrogen-bond donors (Lipinski definition) is 2. The maximum atomic E-state index is 12.2. The third-order valence-corrected chi connectivity index (χ3v) is 4.44. The molecular weight excluding hydrogens is 290 g/mol. The summed E-state index contributed by atoms with van der Waals surface area (Å²) < 4.78 is 0. The van der Waals surface area contributed by atoms with Crippen LogP contribution in [0.3, 0.4) is 0 Å². The van der Waals surface area contributed by atoms with Gasteiger partial charge in [0.15, 0.2) is 0 Å². The normalized spacial score (nSPS) is 15.9. The third kappa shape index (κ3) is 5.27. The molecule has 0 bridgehead atoms. The van der Waals surface area contributed by atoms with Gasteiger partial charge in [-0.1, -0.05) is 43.2 Å². The molecule has 0 aliphatic heterocycles. The topological polar surface area (TPSA) is 61.4 Å². The Hall–Kier alpha value is -2.04. The van der Waals surface area contributed by atoms with Crippen LogP contribution in [0.1, 0.15) is 43.7 Å². The van der Waals surface area contributed by atoms with E-state index in [1.165, 1.54) is 17.7 Å². The zero-order chi connectivity index (χ0) is 16.7. The summed E-state index contributed by atoms with van der Waals surface area (Å²) >= 11 is 0. The van der Waals surface area contributed by atoms with E-state index >= 15 is 0 Å². The monoisotopic (exact) mass is 317 g/mol. The van der Waals surface area contributed by atoms with Gasteiger partial charge >= 0.3 is 6.03 Å². The van der Waals surface area contributed by atoms with E-state index in [1.54, 1.807) is 14.1 Å². The van der Waals surface area contributed by atoms with Gasteiger partial charge in [0.1, 0.15) is 0 Å². The number of benzene rings is 1. The van der Waals surface area contributed by atoms with Crippen LogP contribution in [0.4, 0.5) is 4.79 Å². The summed E-state index contributed by atoms with van der Waals surface area (Å²) in [6.07, 6.45) is 5.08. The van der Waals surface area contributed by atoms with E-state index in [2.05, 4.69) is 22.8 Å². The molecule has 1 fully saturated rings. The van der Waals surface area contributed by atoms with E-state index in [0.717, 1.165) is 18.4 Å². The lowest BCUT2D eigenvalue weighted by atomic mass is 9.92. The third-order valence-electron chi connectivity index (χ3n) is 4.44. The van der Waals surface area contributed by atoms with Crippen molar-refractivity contribution in [1.29, 1.82) is 0 Å². The summed E-state index contributed by atoms with van der Waals surface area (Å²) in [4.78, 5) is 25.3. The number of hydrogen-bond acceptors (Lipinski definition) is 2. The van der Waals surface area contributed by atoms with Gasteiger partial charge in [-0.15, -0.1) is 0 Å². The van der Waals surface area contributed by atoms with Gasteiger partial charge in [0.2, 0.25) is 5.91 Å². The Morgan fingerprint density at radius 2 is 1.83 bits per heavy atom. The van der Waals surface area contributed by atoms with Crippen LogP contribution >= 0.6 is 0 Å². The van der Waals surface area contributed by atoms with Crippen molar-refractivity contribution < 1.29 is 9.59 Å². The van der Waals surface area contributed by atoms with Crippen molar-refractivity contribution in [3.8, 4) is 0 Å². The highest BCUT2D eigenvalue weighted by Gasteiger charge is 2.27. The molecule has 1 atom stereocenters. The summed E-state index contributed by atoms with van der Waals surface area (Å²) in [5.74, 6) is 0.507. The van der Waals surface area contributed by atoms with Crippen molar-refractivity contribution in [1.82, 2.24) is 15.5 Å². The van der Waals surface area contributed by atoms with Gasteiger partial charge in [-0.3, -0.25) is 4.79 Å². The number of amides is 3. The van der Waals surface area contributed by atoms with Crippen molar-refractivity contribution in [2.45, 2.75) is 38.1 Å². The number of rotatable bonds is 6. The minimum absolute atomic E-state index is 0.0145. The highest BCUT2D eigenvalue weighted by Crippen LogP contribution is 2.35. The maximum Gasteiger partial charge on any atom is 0.315 e. The highest BCUT2D eigenvalue weighted by atomic mass is 16.2. The van der Waals surface area contributed by atoms with Crippen molar-refractivity contribution >= 4 is 11.9 Å². The number of carbonyl (C=O) groups is 2. The number of carbonyl (C=O) groups excluding carboxylic acids is 2. The Kier molecular flexibility index (Phi) is 6.44. The molecular formula is C18H27N3O2. The SMILES string of the molecule is CN(C)C(=O)CCNC(=O)N[C@H](c1ccccc1)C1CCCC1. The predicted octanol–water partition coefficient (Wildman–Crippen LogP) is 2.70. The summed E-state index contributed by atoms with van der Waals surface area (Å²) in [6, 6.07) is 9.99. The first-order valence-electron chi connectivity index (χ1n) is 8.37. The summed E-state index contributed by atoms with van der Waals surface area (Å²) in [7, 11) is 3.43. The fourth-order valence-electron chi connectivity index (χ4n) is 3.12. The van der Waals surface area contributed by atoms with E-state index in [9.17, 15) is 9.59 Å². The second kappa shape index (κ2) is 8.56. The van der Waals surface area contributed by atoms with E-state index < -0.39 is 0 Å². The molecule has 0 aromatic heterocycles. The summed E-state index contributed by atoms with van der Waals surface area (Å²) in [5, 5.41) is 5.90. The van der Waals surface area contributed by atoms with Crippen LogP contribution in [-0.4, -0.2) is 37.5 Å². The molecule has 1 aromatic carbocycles. The quantitative estimate of drug-likeness (QED) is 0.847. The average Bonchev–Trinajstić information content (AvgIpc) is 3.07. The van der Waals surface area contributed by atoms with Gasteiger partial charge in [0, 0.05) is 27.1 Å². The molecule has 2 rings (SSSR count). The Morgan fingerprint density at radius 3 is 2.43 bits per heavy atom. The van der Waals surface area contributed by atoms with Gasteiger partial charge in [-0.2, -0.15) is 0 Å². The first kappa shape index (κ1) is 17.3. The van der Waals surface area contributed by atoms with Crippen LogP contribution in [0.2, 0.25) is 0 Å². The lowest BCUT2D eigenvalue weighted by Crippen LogP contribution is -2.41. The minimum atomic E-state index is -0.197. The van der Waals surface area contributed by atoms with Crippen LogP contribution in [0.25, 0.3) is 0 Å². The van der Waals surface area contributed by atoms with Crippen molar-refractivity contribution in [3.05, 3.63) is 35.9 Å². The summed E-state index contributed by atoms with van der Waals surface area (Å²) in [6.45, 7) is 0.356. The number of nitrogens with zero attached hydrogens (tertiary/aromatic N) is 1. The zero-order valence-electron chi connectivity index (χ0n) is 14.0. The van der Waals surface area contributed by atoms with Gasteiger partial charge in [0.05, 0.1) is 6.04 Å². The Bertz CT molecular complexity index is 510. The maximum absolute atomic E-state index is 12.2. The molecule has 0 unspecified atom stereocenters. The molecule has 1 saturated carbocycles. The van der Waals surface area contributed by atoms with Crippen LogP contribution in [0.15, 0.2) is 30.3 Å². The molecule has 3 amide bonds. The van der Waals surface area contributed by atoms with E-state index in [-0.39, 0.29) is 18.0 Å². The second-order valence-corrected chi connectivity index (χ2v) is 6.37. The first-order chi connectivity index (χ1) is 11.1. The smallest absolute Gasteiger partial charge is 0.315 e. The van der Waals surface area contributed by atoms with E-state index in [0.29, 0.717) is 18.9 Å². The Labute approximate surface area is 138 Å². The minimum Gasteiger partial charge on any atom is -0.349 e. The van der Waals surface area contributed by atoms with Crippen LogP contribution in [0, 0.1) is 5.92 Å². The molecule has 1 aliphatic carbocycles. The van der Waals surface area contributed by atoms with Gasteiger partial charge in [-0.25, -0.2) is 4.79 Å². The van der Waals surface area contributed by atoms with Crippen molar-refractivity contribution in [3.63, 3.8) is 0 Å². The molecule has 1 aromatic rings. The molecule has 0 radical (unpaired) electrons. The molecule has 1 aliphatic rings. The van der Waals surface area contributed by atoms with Crippen LogP contribution < -0.4 is 10.6 Å². The standard InChI is InChI=1S/C18H27N3O2/c1-21(2)16(22)12-13-19-18(23)20-17(15-10-6-7-11-15)14-8-4-3-5-9-14/h3-5,8-9,15,17H,6-7,10-13H2,1-2H3,(H2,19,20,23)/t17-/m1/s1. The molecule has 5 heteroatoms. The van der Waals surface area contributed by atoms with E-state index in [4.69, 9.17) is 0 Å². The average molecular weight is 317 g/mol.